The van der Waals surface area contributed by atoms with Crippen molar-refractivity contribution in [1.82, 2.24) is 0 Å². The van der Waals surface area contributed by atoms with Crippen LogP contribution in [-0.2, 0) is 11.4 Å². The third-order valence-electron chi connectivity index (χ3n) is 5.55. The van der Waals surface area contributed by atoms with Crippen LogP contribution in [0.4, 0.5) is 5.69 Å². The number of nitrogens with zero attached hydrogens (tertiary/aromatic N) is 1. The van der Waals surface area contributed by atoms with Crippen LogP contribution in [-0.4, -0.2) is 5.91 Å². The highest BCUT2D eigenvalue weighted by molar-refractivity contribution is 9.10. The van der Waals surface area contributed by atoms with Crippen LogP contribution in [0.5, 0.6) is 5.75 Å². The normalized spacial score (nSPS) is 11.2. The highest BCUT2D eigenvalue weighted by atomic mass is 79.9. The summed E-state index contributed by atoms with van der Waals surface area (Å²) < 4.78 is 6.87. The van der Waals surface area contributed by atoms with Gasteiger partial charge in [0.15, 0.2) is 0 Å². The Kier molecular flexibility index (Phi) is 7.10. The lowest BCUT2D eigenvalue weighted by atomic mass is 10.0. The number of nitriles is 1. The zero-order chi connectivity index (χ0) is 24.1. The number of benzene rings is 4. The molecule has 4 aromatic carbocycles. The van der Waals surface area contributed by atoms with E-state index in [-0.39, 0.29) is 5.57 Å². The van der Waals surface area contributed by atoms with Gasteiger partial charge in [0.1, 0.15) is 24.0 Å². The number of carbonyl (C=O) groups excluding carboxylic acids is 1. The van der Waals surface area contributed by atoms with Gasteiger partial charge in [0, 0.05) is 11.3 Å². The third kappa shape index (κ3) is 5.36. The summed E-state index contributed by atoms with van der Waals surface area (Å²) in [6, 6.07) is 27.4. The number of hydrogen-bond acceptors (Lipinski definition) is 3. The molecule has 34 heavy (non-hydrogen) atoms. The number of fused-ring (bicyclic) bond motifs is 1. The van der Waals surface area contributed by atoms with Crippen molar-refractivity contribution in [3.8, 4) is 11.8 Å². The molecule has 0 aliphatic rings. The molecular weight excluding hydrogens is 488 g/mol. The predicted molar refractivity (Wildman–Crippen MR) is 141 cm³/mol. The van der Waals surface area contributed by atoms with Crippen LogP contribution in [0.1, 0.15) is 22.3 Å². The van der Waals surface area contributed by atoms with Crippen molar-refractivity contribution in [2.75, 3.05) is 5.32 Å². The number of amides is 1. The molecule has 0 unspecified atom stereocenters. The average Bonchev–Trinajstić information content (AvgIpc) is 2.83. The number of halogens is 1. The van der Waals surface area contributed by atoms with Gasteiger partial charge in [-0.05, 0) is 87.6 Å². The molecule has 4 nitrogen and oxygen atoms in total. The predicted octanol–water partition coefficient (Wildman–Crippen LogP) is 7.34. The summed E-state index contributed by atoms with van der Waals surface area (Å²) in [4.78, 5) is 12.6. The van der Waals surface area contributed by atoms with E-state index in [9.17, 15) is 10.1 Å². The molecule has 4 aromatic rings. The van der Waals surface area contributed by atoms with Crippen molar-refractivity contribution in [3.63, 3.8) is 0 Å². The lowest BCUT2D eigenvalue weighted by molar-refractivity contribution is -0.112. The van der Waals surface area contributed by atoms with Crippen molar-refractivity contribution >= 4 is 44.4 Å². The Labute approximate surface area is 207 Å². The Morgan fingerprint density at radius 3 is 2.62 bits per heavy atom. The summed E-state index contributed by atoms with van der Waals surface area (Å²) in [5, 5.41) is 14.7. The summed E-state index contributed by atoms with van der Waals surface area (Å²) in [6.45, 7) is 4.46. The fourth-order valence-electron chi connectivity index (χ4n) is 3.75. The second-order valence-electron chi connectivity index (χ2n) is 8.05. The van der Waals surface area contributed by atoms with Crippen molar-refractivity contribution < 1.29 is 9.53 Å². The lowest BCUT2D eigenvalue weighted by Crippen LogP contribution is -2.13. The molecule has 0 aliphatic heterocycles. The van der Waals surface area contributed by atoms with Crippen LogP contribution in [0.15, 0.2) is 88.9 Å². The molecule has 0 saturated heterocycles. The SMILES string of the molecule is Cc1cccc(NC(=O)/C(C#N)=C/c2ccc(OCc3c(C)ccc4ccccc34)c(Br)c2)c1. The van der Waals surface area contributed by atoms with E-state index in [1.54, 1.807) is 12.1 Å². The van der Waals surface area contributed by atoms with Gasteiger partial charge >= 0.3 is 0 Å². The van der Waals surface area contributed by atoms with Crippen LogP contribution in [0.25, 0.3) is 16.8 Å². The summed E-state index contributed by atoms with van der Waals surface area (Å²) in [6.07, 6.45) is 1.56. The van der Waals surface area contributed by atoms with Gasteiger partial charge in [-0.3, -0.25) is 4.79 Å². The summed E-state index contributed by atoms with van der Waals surface area (Å²) in [5.74, 6) is 0.239. The summed E-state index contributed by atoms with van der Waals surface area (Å²) >= 11 is 3.56. The van der Waals surface area contributed by atoms with Crippen molar-refractivity contribution in [2.24, 2.45) is 0 Å². The highest BCUT2D eigenvalue weighted by Gasteiger charge is 2.11. The van der Waals surface area contributed by atoms with Crippen molar-refractivity contribution in [1.29, 1.82) is 5.26 Å². The first-order valence-corrected chi connectivity index (χ1v) is 11.6. The molecule has 168 valence electrons. The maximum absolute atomic E-state index is 12.6. The van der Waals surface area contributed by atoms with Crippen LogP contribution in [0.2, 0.25) is 0 Å². The molecule has 4 rings (SSSR count). The van der Waals surface area contributed by atoms with E-state index in [0.29, 0.717) is 18.0 Å². The molecule has 1 N–H and O–H groups in total. The van der Waals surface area contributed by atoms with E-state index in [1.807, 2.05) is 61.5 Å². The van der Waals surface area contributed by atoms with E-state index < -0.39 is 5.91 Å². The van der Waals surface area contributed by atoms with Crippen LogP contribution in [0.3, 0.4) is 0 Å². The topological polar surface area (TPSA) is 62.1 Å². The van der Waals surface area contributed by atoms with Crippen molar-refractivity contribution in [2.45, 2.75) is 20.5 Å². The maximum Gasteiger partial charge on any atom is 0.266 e. The minimum Gasteiger partial charge on any atom is -0.488 e. The molecule has 0 fully saturated rings. The van der Waals surface area contributed by atoms with Gasteiger partial charge in [-0.2, -0.15) is 5.26 Å². The van der Waals surface area contributed by atoms with Gasteiger partial charge in [0.05, 0.1) is 4.47 Å². The van der Waals surface area contributed by atoms with Gasteiger partial charge in [-0.25, -0.2) is 0 Å². The Morgan fingerprint density at radius 1 is 1.03 bits per heavy atom. The van der Waals surface area contributed by atoms with Crippen LogP contribution < -0.4 is 10.1 Å². The summed E-state index contributed by atoms with van der Waals surface area (Å²) in [5.41, 5.74) is 4.74. The first kappa shape index (κ1) is 23.3. The zero-order valence-corrected chi connectivity index (χ0v) is 20.5. The second kappa shape index (κ2) is 10.4. The average molecular weight is 511 g/mol. The van der Waals surface area contributed by atoms with Gasteiger partial charge in [-0.1, -0.05) is 54.6 Å². The van der Waals surface area contributed by atoms with Crippen molar-refractivity contribution in [3.05, 3.63) is 111 Å². The minimum absolute atomic E-state index is 0.0217. The van der Waals surface area contributed by atoms with E-state index in [2.05, 4.69) is 52.4 Å². The lowest BCUT2D eigenvalue weighted by Gasteiger charge is -2.13. The monoisotopic (exact) mass is 510 g/mol. The molecule has 0 bridgehead atoms. The Balaban J connectivity index is 1.51. The largest absolute Gasteiger partial charge is 0.488 e. The van der Waals surface area contributed by atoms with E-state index in [4.69, 9.17) is 4.74 Å². The van der Waals surface area contributed by atoms with Crippen LogP contribution >= 0.6 is 15.9 Å². The Morgan fingerprint density at radius 2 is 1.85 bits per heavy atom. The molecule has 0 saturated carbocycles. The number of ether oxygens (including phenoxy) is 1. The van der Waals surface area contributed by atoms with Gasteiger partial charge in [0.2, 0.25) is 0 Å². The van der Waals surface area contributed by atoms with Gasteiger partial charge in [-0.15, -0.1) is 0 Å². The third-order valence-corrected chi connectivity index (χ3v) is 6.17. The number of carbonyl (C=O) groups is 1. The quantitative estimate of drug-likeness (QED) is 0.218. The van der Waals surface area contributed by atoms with E-state index >= 15 is 0 Å². The molecule has 0 spiro atoms. The smallest absolute Gasteiger partial charge is 0.266 e. The number of rotatable bonds is 6. The molecule has 0 aliphatic carbocycles. The Hall–Kier alpha value is -3.88. The standard InChI is InChI=1S/C29H23BrN2O2/c1-19-6-5-8-24(14-19)32-29(33)23(17-31)15-21-11-13-28(27(30)16-21)34-18-26-20(2)10-12-22-7-3-4-9-25(22)26/h3-16H,18H2,1-2H3,(H,32,33)/b23-15+. The fraction of sp³-hybridized carbons (Fsp3) is 0.103. The van der Waals surface area contributed by atoms with E-state index in [0.717, 1.165) is 21.2 Å². The molecule has 0 heterocycles. The highest BCUT2D eigenvalue weighted by Crippen LogP contribution is 2.30. The van der Waals surface area contributed by atoms with E-state index in [1.165, 1.54) is 16.3 Å². The molecule has 5 heteroatoms. The first-order chi connectivity index (χ1) is 16.4. The number of hydrogen-bond donors (Lipinski definition) is 1. The first-order valence-electron chi connectivity index (χ1n) is 10.8. The molecule has 0 aromatic heterocycles. The molecular formula is C29H23BrN2O2. The fourth-order valence-corrected chi connectivity index (χ4v) is 4.26. The van der Waals surface area contributed by atoms with Crippen LogP contribution in [0, 0.1) is 25.2 Å². The number of nitrogens with one attached hydrogen (secondary N) is 1. The maximum atomic E-state index is 12.6. The molecule has 0 atom stereocenters. The van der Waals surface area contributed by atoms with Gasteiger partial charge < -0.3 is 10.1 Å². The number of anilines is 1. The molecule has 0 radical (unpaired) electrons. The minimum atomic E-state index is -0.448. The summed E-state index contributed by atoms with van der Waals surface area (Å²) in [7, 11) is 0. The molecule has 1 amide bonds. The van der Waals surface area contributed by atoms with Gasteiger partial charge in [0.25, 0.3) is 5.91 Å². The Bertz CT molecular complexity index is 1450. The number of aryl methyl sites for hydroxylation is 2. The zero-order valence-electron chi connectivity index (χ0n) is 18.9. The second-order valence-corrected chi connectivity index (χ2v) is 8.91.